The smallest absolute Gasteiger partial charge is 0.306 e. The molecule has 0 radical (unpaired) electrons. The normalized spacial score (nSPS) is 11.9. The Labute approximate surface area is 103 Å². The minimum absolute atomic E-state index is 0.136. The summed E-state index contributed by atoms with van der Waals surface area (Å²) in [5, 5.41) is -0.331. The van der Waals surface area contributed by atoms with Gasteiger partial charge in [-0.15, -0.1) is 0 Å². The molecule has 2 aromatic rings. The van der Waals surface area contributed by atoms with Gasteiger partial charge in [-0.3, -0.25) is 0 Å². The number of nitrogens with zero attached hydrogens (tertiary/aromatic N) is 2. The number of anilines is 1. The first-order chi connectivity index (χ1) is 8.32. The highest BCUT2D eigenvalue weighted by molar-refractivity contribution is 6.32. The van der Waals surface area contributed by atoms with E-state index >= 15 is 0 Å². The van der Waals surface area contributed by atoms with Crippen LogP contribution in [0.3, 0.4) is 0 Å². The molecule has 3 N–H and O–H groups in total. The molecule has 0 aliphatic rings. The maximum atomic E-state index is 13.1. The van der Waals surface area contributed by atoms with Gasteiger partial charge in [-0.1, -0.05) is 11.6 Å². The molecule has 96 valence electrons. The predicted molar refractivity (Wildman–Crippen MR) is 57.3 cm³/mol. The number of halogens is 5. The lowest BCUT2D eigenvalue weighted by Gasteiger charge is -2.11. The first-order valence-corrected chi connectivity index (χ1v) is 4.91. The molecule has 1 heterocycles. The van der Waals surface area contributed by atoms with Gasteiger partial charge in [-0.25, -0.2) is 20.2 Å². The number of alkyl halides is 3. The van der Waals surface area contributed by atoms with Crippen molar-refractivity contribution in [1.82, 2.24) is 9.97 Å². The van der Waals surface area contributed by atoms with Crippen molar-refractivity contribution in [3.8, 4) is 0 Å². The van der Waals surface area contributed by atoms with E-state index in [0.717, 1.165) is 6.07 Å². The zero-order valence-corrected chi connectivity index (χ0v) is 9.27. The highest BCUT2D eigenvalue weighted by Crippen LogP contribution is 2.35. The highest BCUT2D eigenvalue weighted by atomic mass is 35.5. The van der Waals surface area contributed by atoms with Crippen LogP contribution in [-0.4, -0.2) is 9.97 Å². The number of nitrogens with one attached hydrogen (secondary N) is 1. The van der Waals surface area contributed by atoms with Crippen molar-refractivity contribution < 1.29 is 17.6 Å². The lowest BCUT2D eigenvalue weighted by molar-refractivity contribution is -0.136. The first kappa shape index (κ1) is 12.8. The van der Waals surface area contributed by atoms with Gasteiger partial charge in [0, 0.05) is 6.07 Å². The number of aromatic nitrogens is 2. The van der Waals surface area contributed by atoms with Crippen molar-refractivity contribution >= 4 is 28.5 Å². The molecule has 2 rings (SSSR count). The molecule has 0 aliphatic heterocycles. The summed E-state index contributed by atoms with van der Waals surface area (Å²) in [7, 11) is 0. The second-order valence-corrected chi connectivity index (χ2v) is 3.68. The molecule has 0 saturated carbocycles. The van der Waals surface area contributed by atoms with Gasteiger partial charge in [0.1, 0.15) is 11.3 Å². The second kappa shape index (κ2) is 4.21. The molecule has 0 spiro atoms. The zero-order chi connectivity index (χ0) is 13.5. The Bertz CT molecular complexity index is 614. The van der Waals surface area contributed by atoms with Crippen molar-refractivity contribution in [1.29, 1.82) is 0 Å². The summed E-state index contributed by atoms with van der Waals surface area (Å²) in [5.74, 6) is 3.84. The largest absolute Gasteiger partial charge is 0.418 e. The number of hydrogen-bond acceptors (Lipinski definition) is 4. The van der Waals surface area contributed by atoms with E-state index in [1.54, 1.807) is 0 Å². The van der Waals surface area contributed by atoms with Gasteiger partial charge in [0.2, 0.25) is 0 Å². The molecular formula is C9H5ClF4N4. The van der Waals surface area contributed by atoms with Crippen LogP contribution in [0, 0.1) is 5.82 Å². The SMILES string of the molecule is NNc1nc2cc(F)cc(C(F)(F)F)c2nc1Cl. The van der Waals surface area contributed by atoms with Crippen LogP contribution in [0.15, 0.2) is 12.1 Å². The third-order valence-electron chi connectivity index (χ3n) is 2.13. The number of nitrogens with two attached hydrogens (primary N) is 1. The second-order valence-electron chi connectivity index (χ2n) is 3.33. The fourth-order valence-electron chi connectivity index (χ4n) is 1.41. The van der Waals surface area contributed by atoms with Crippen LogP contribution in [-0.2, 0) is 6.18 Å². The zero-order valence-electron chi connectivity index (χ0n) is 8.52. The molecule has 1 aromatic carbocycles. The van der Waals surface area contributed by atoms with E-state index in [4.69, 9.17) is 17.4 Å². The van der Waals surface area contributed by atoms with Crippen LogP contribution in [0.25, 0.3) is 11.0 Å². The molecule has 4 nitrogen and oxygen atoms in total. The minimum atomic E-state index is -4.75. The average Bonchev–Trinajstić information content (AvgIpc) is 2.26. The monoisotopic (exact) mass is 280 g/mol. The van der Waals surface area contributed by atoms with Gasteiger partial charge < -0.3 is 5.43 Å². The van der Waals surface area contributed by atoms with Crippen LogP contribution in [0.4, 0.5) is 23.4 Å². The summed E-state index contributed by atoms with van der Waals surface area (Å²) in [6.07, 6.45) is -4.75. The Morgan fingerprint density at radius 1 is 1.22 bits per heavy atom. The Hall–Kier alpha value is -1.67. The number of rotatable bonds is 1. The molecule has 9 heteroatoms. The summed E-state index contributed by atoms with van der Waals surface area (Å²) in [5.41, 5.74) is -0.0108. The third-order valence-corrected chi connectivity index (χ3v) is 2.40. The fraction of sp³-hybridized carbons (Fsp3) is 0.111. The molecule has 0 fully saturated rings. The molecule has 1 aromatic heterocycles. The maximum Gasteiger partial charge on any atom is 0.418 e. The summed E-state index contributed by atoms with van der Waals surface area (Å²) in [6, 6.07) is 1.15. The number of benzene rings is 1. The molecule has 0 amide bonds. The molecule has 0 unspecified atom stereocenters. The number of fused-ring (bicyclic) bond motifs is 1. The van der Waals surface area contributed by atoms with Gasteiger partial charge in [0.15, 0.2) is 11.0 Å². The van der Waals surface area contributed by atoms with Crippen molar-refractivity contribution in [2.45, 2.75) is 6.18 Å². The highest BCUT2D eigenvalue weighted by Gasteiger charge is 2.34. The molecular weight excluding hydrogens is 276 g/mol. The molecule has 0 bridgehead atoms. The summed E-state index contributed by atoms with van der Waals surface area (Å²) in [4.78, 5) is 7.19. The predicted octanol–water partition coefficient (Wildman–Crippen LogP) is 2.73. The van der Waals surface area contributed by atoms with Gasteiger partial charge >= 0.3 is 6.18 Å². The van der Waals surface area contributed by atoms with Crippen molar-refractivity contribution in [3.63, 3.8) is 0 Å². The Kier molecular flexibility index (Phi) is 2.99. The Balaban J connectivity index is 2.84. The third kappa shape index (κ3) is 2.16. The van der Waals surface area contributed by atoms with E-state index < -0.39 is 23.1 Å². The van der Waals surface area contributed by atoms with Crippen LogP contribution < -0.4 is 11.3 Å². The van der Waals surface area contributed by atoms with E-state index in [1.807, 2.05) is 0 Å². The molecule has 0 aliphatic carbocycles. The number of hydrogen-bond donors (Lipinski definition) is 2. The van der Waals surface area contributed by atoms with Crippen molar-refractivity contribution in [2.24, 2.45) is 5.84 Å². The number of nitrogen functional groups attached to an aromatic ring is 1. The van der Waals surface area contributed by atoms with Crippen LogP contribution in [0.2, 0.25) is 5.15 Å². The standard InChI is InChI=1S/C9H5ClF4N4/c10-7-8(18-15)16-5-2-3(11)1-4(6(5)17-7)9(12,13)14/h1-2H,15H2,(H,16,18). The maximum absolute atomic E-state index is 13.1. The van der Waals surface area contributed by atoms with Gasteiger partial charge in [0.25, 0.3) is 0 Å². The minimum Gasteiger partial charge on any atom is -0.306 e. The van der Waals surface area contributed by atoms with Crippen molar-refractivity contribution in [2.75, 3.05) is 5.43 Å². The fourth-order valence-corrected chi connectivity index (χ4v) is 1.59. The Morgan fingerprint density at radius 3 is 2.44 bits per heavy atom. The summed E-state index contributed by atoms with van der Waals surface area (Å²) in [6.45, 7) is 0. The van der Waals surface area contributed by atoms with Crippen LogP contribution in [0.1, 0.15) is 5.56 Å². The van der Waals surface area contributed by atoms with E-state index in [0.29, 0.717) is 6.07 Å². The van der Waals surface area contributed by atoms with E-state index in [2.05, 4.69) is 15.4 Å². The topological polar surface area (TPSA) is 63.8 Å². The van der Waals surface area contributed by atoms with Gasteiger partial charge in [0.05, 0.1) is 11.1 Å². The van der Waals surface area contributed by atoms with Gasteiger partial charge in [-0.05, 0) is 6.07 Å². The van der Waals surface area contributed by atoms with Crippen molar-refractivity contribution in [3.05, 3.63) is 28.7 Å². The first-order valence-electron chi connectivity index (χ1n) is 4.53. The molecule has 0 saturated heterocycles. The van der Waals surface area contributed by atoms with E-state index in [1.165, 1.54) is 0 Å². The van der Waals surface area contributed by atoms with Crippen LogP contribution >= 0.6 is 11.6 Å². The lowest BCUT2D eigenvalue weighted by Crippen LogP contribution is -2.12. The average molecular weight is 281 g/mol. The lowest BCUT2D eigenvalue weighted by atomic mass is 10.1. The van der Waals surface area contributed by atoms with E-state index in [-0.39, 0.29) is 16.5 Å². The van der Waals surface area contributed by atoms with Crippen LogP contribution in [0.5, 0.6) is 0 Å². The summed E-state index contributed by atoms with van der Waals surface area (Å²) < 4.78 is 51.2. The molecule has 18 heavy (non-hydrogen) atoms. The number of hydrazine groups is 1. The van der Waals surface area contributed by atoms with Gasteiger partial charge in [-0.2, -0.15) is 13.2 Å². The Morgan fingerprint density at radius 2 is 1.89 bits per heavy atom. The van der Waals surface area contributed by atoms with E-state index in [9.17, 15) is 17.6 Å². The molecule has 0 atom stereocenters. The quantitative estimate of drug-likeness (QED) is 0.479. The summed E-state index contributed by atoms with van der Waals surface area (Å²) >= 11 is 5.59.